The van der Waals surface area contributed by atoms with Crippen molar-refractivity contribution in [2.24, 2.45) is 4.99 Å². The molecule has 2 aromatic rings. The largest absolute Gasteiger partial charge is 0.437 e. The maximum absolute atomic E-state index is 12.4. The van der Waals surface area contributed by atoms with Gasteiger partial charge in [-0.2, -0.15) is 0 Å². The summed E-state index contributed by atoms with van der Waals surface area (Å²) in [6.45, 7) is 1.83. The number of nitrogens with zero attached hydrogens (tertiary/aromatic N) is 4. The first-order valence-electron chi connectivity index (χ1n) is 7.80. The van der Waals surface area contributed by atoms with Crippen molar-refractivity contribution in [1.29, 1.82) is 0 Å². The minimum atomic E-state index is -0.155. The second kappa shape index (κ2) is 8.82. The number of benzene rings is 1. The highest BCUT2D eigenvalue weighted by atomic mass is 35.5. The van der Waals surface area contributed by atoms with Gasteiger partial charge in [-0.1, -0.05) is 11.6 Å². The maximum Gasteiger partial charge on any atom is 0.241 e. The molecule has 6 nitrogen and oxygen atoms in total. The number of halogens is 1. The molecular weight excluding hydrogens is 372 g/mol. The maximum atomic E-state index is 12.4. The summed E-state index contributed by atoms with van der Waals surface area (Å²) in [4.78, 5) is 25.0. The lowest BCUT2D eigenvalue weighted by molar-refractivity contribution is 0.104. The average molecular weight is 393 g/mol. The monoisotopic (exact) mass is 392 g/mol. The quantitative estimate of drug-likeness (QED) is 0.303. The average Bonchev–Trinajstić information content (AvgIpc) is 2.92. The van der Waals surface area contributed by atoms with Crippen LogP contribution < -0.4 is 4.74 Å². The number of rotatable bonds is 7. The van der Waals surface area contributed by atoms with E-state index in [1.54, 1.807) is 35.6 Å². The number of carbonyl (C=O) groups is 1. The molecule has 0 N–H and O–H groups in total. The van der Waals surface area contributed by atoms with Gasteiger partial charge in [0.05, 0.1) is 22.1 Å². The minimum absolute atomic E-state index is 0.155. The lowest BCUT2D eigenvalue weighted by Gasteiger charge is -2.07. The molecule has 0 spiro atoms. The minimum Gasteiger partial charge on any atom is -0.437 e. The Kier molecular flexibility index (Phi) is 6.76. The fraction of sp³-hybridized carbons (Fsp3) is 0.278. The molecular formula is C18H21ClN4O2S. The number of hydrogen-bond donors (Lipinski definition) is 0. The van der Waals surface area contributed by atoms with Crippen LogP contribution in [0, 0.1) is 6.92 Å². The molecule has 2 rings (SSSR count). The fourth-order valence-electron chi connectivity index (χ4n) is 1.87. The van der Waals surface area contributed by atoms with Gasteiger partial charge in [0.1, 0.15) is 10.6 Å². The Bertz CT molecular complexity index is 844. The topological polar surface area (TPSA) is 58.0 Å². The molecule has 0 bridgehead atoms. The number of aryl methyl sites for hydroxylation is 1. The van der Waals surface area contributed by atoms with E-state index in [0.29, 0.717) is 21.3 Å². The van der Waals surface area contributed by atoms with Crippen molar-refractivity contribution in [1.82, 2.24) is 14.8 Å². The first kappa shape index (κ1) is 19.9. The van der Waals surface area contributed by atoms with Crippen molar-refractivity contribution in [3.05, 3.63) is 45.4 Å². The third-order valence-electron chi connectivity index (χ3n) is 3.01. The van der Waals surface area contributed by atoms with Gasteiger partial charge in [-0.25, -0.2) is 9.98 Å². The van der Waals surface area contributed by atoms with Gasteiger partial charge in [0.15, 0.2) is 0 Å². The Morgan fingerprint density at radius 2 is 2.00 bits per heavy atom. The molecule has 0 saturated heterocycles. The highest BCUT2D eigenvalue weighted by molar-refractivity contribution is 7.14. The van der Waals surface area contributed by atoms with Gasteiger partial charge in [0, 0.05) is 46.5 Å². The van der Waals surface area contributed by atoms with E-state index in [2.05, 4.69) is 9.98 Å². The van der Waals surface area contributed by atoms with Crippen LogP contribution in [-0.4, -0.2) is 55.1 Å². The number of carbonyl (C=O) groups excluding carboxylic acids is 1. The normalized spacial score (nSPS) is 11.3. The number of thiazole rings is 1. The number of aromatic nitrogens is 1. The summed E-state index contributed by atoms with van der Waals surface area (Å²) in [5.41, 5.74) is 0.632. The lowest BCUT2D eigenvalue weighted by Crippen LogP contribution is -2.06. The van der Waals surface area contributed by atoms with Gasteiger partial charge in [0.25, 0.3) is 0 Å². The number of ether oxygens (including phenoxy) is 1. The Labute approximate surface area is 162 Å². The summed E-state index contributed by atoms with van der Waals surface area (Å²) in [7, 11) is 7.45. The molecule has 1 aromatic heterocycles. The van der Waals surface area contributed by atoms with Crippen LogP contribution in [0.5, 0.6) is 11.6 Å². The number of allylic oxidation sites excluding steroid dienone is 1. The zero-order valence-electron chi connectivity index (χ0n) is 15.4. The smallest absolute Gasteiger partial charge is 0.241 e. The van der Waals surface area contributed by atoms with Crippen molar-refractivity contribution in [3.63, 3.8) is 0 Å². The molecule has 0 fully saturated rings. The highest BCUT2D eigenvalue weighted by Gasteiger charge is 2.17. The van der Waals surface area contributed by atoms with Crippen molar-refractivity contribution in [2.75, 3.05) is 28.2 Å². The van der Waals surface area contributed by atoms with Crippen LogP contribution in [0.15, 0.2) is 35.5 Å². The van der Waals surface area contributed by atoms with Crippen LogP contribution in [0.3, 0.4) is 0 Å². The van der Waals surface area contributed by atoms with E-state index in [1.807, 2.05) is 40.0 Å². The molecule has 0 radical (unpaired) electrons. The Hall–Kier alpha value is -2.38. The summed E-state index contributed by atoms with van der Waals surface area (Å²) >= 11 is 7.55. The molecule has 0 unspecified atom stereocenters. The van der Waals surface area contributed by atoms with Crippen molar-refractivity contribution in [2.45, 2.75) is 6.92 Å². The second-order valence-corrected chi connectivity index (χ2v) is 7.54. The third-order valence-corrected chi connectivity index (χ3v) is 4.28. The van der Waals surface area contributed by atoms with Crippen LogP contribution in [0.4, 0.5) is 5.69 Å². The first-order chi connectivity index (χ1) is 12.3. The summed E-state index contributed by atoms with van der Waals surface area (Å²) in [6.07, 6.45) is 4.85. The van der Waals surface area contributed by atoms with Gasteiger partial charge in [-0.3, -0.25) is 4.79 Å². The summed E-state index contributed by atoms with van der Waals surface area (Å²) < 4.78 is 5.80. The zero-order valence-corrected chi connectivity index (χ0v) is 16.9. The number of hydrogen-bond acceptors (Lipinski definition) is 6. The van der Waals surface area contributed by atoms with Gasteiger partial charge >= 0.3 is 0 Å². The highest BCUT2D eigenvalue weighted by Crippen LogP contribution is 2.34. The predicted octanol–water partition coefficient (Wildman–Crippen LogP) is 4.38. The van der Waals surface area contributed by atoms with E-state index in [1.165, 1.54) is 17.4 Å². The number of aliphatic imine (C=N–C) groups is 1. The van der Waals surface area contributed by atoms with E-state index >= 15 is 0 Å². The van der Waals surface area contributed by atoms with Gasteiger partial charge in [0.2, 0.25) is 11.7 Å². The summed E-state index contributed by atoms with van der Waals surface area (Å²) in [5.74, 6) is 0.619. The third kappa shape index (κ3) is 5.57. The molecule has 0 saturated carbocycles. The molecule has 1 aromatic carbocycles. The Balaban J connectivity index is 2.24. The SMILES string of the molecule is Cc1nc(Oc2ccc(N=CN(C)C)c(Cl)c2)c(C(=O)/C=C/N(C)C)s1. The van der Waals surface area contributed by atoms with Crippen LogP contribution in [-0.2, 0) is 0 Å². The van der Waals surface area contributed by atoms with Gasteiger partial charge < -0.3 is 14.5 Å². The first-order valence-corrected chi connectivity index (χ1v) is 9.00. The van der Waals surface area contributed by atoms with E-state index in [0.717, 1.165) is 5.01 Å². The molecule has 0 atom stereocenters. The van der Waals surface area contributed by atoms with Crippen molar-refractivity contribution in [3.8, 4) is 11.6 Å². The molecule has 1 heterocycles. The Morgan fingerprint density at radius 3 is 2.62 bits per heavy atom. The lowest BCUT2D eigenvalue weighted by atomic mass is 10.3. The van der Waals surface area contributed by atoms with Gasteiger partial charge in [-0.05, 0) is 19.1 Å². The van der Waals surface area contributed by atoms with E-state index in [9.17, 15) is 4.79 Å². The molecule has 0 aliphatic rings. The second-order valence-electron chi connectivity index (χ2n) is 5.93. The molecule has 0 amide bonds. The summed E-state index contributed by atoms with van der Waals surface area (Å²) in [6, 6.07) is 5.15. The predicted molar refractivity (Wildman–Crippen MR) is 107 cm³/mol. The van der Waals surface area contributed by atoms with Crippen molar-refractivity contribution < 1.29 is 9.53 Å². The Morgan fingerprint density at radius 1 is 1.27 bits per heavy atom. The van der Waals surface area contributed by atoms with Crippen molar-refractivity contribution >= 4 is 40.7 Å². The molecule has 0 aliphatic carbocycles. The fourth-order valence-corrected chi connectivity index (χ4v) is 2.86. The number of ketones is 1. The molecule has 8 heteroatoms. The van der Waals surface area contributed by atoms with E-state index in [4.69, 9.17) is 16.3 Å². The van der Waals surface area contributed by atoms with Crippen LogP contribution in [0.1, 0.15) is 14.7 Å². The molecule has 138 valence electrons. The van der Waals surface area contributed by atoms with E-state index < -0.39 is 0 Å². The van der Waals surface area contributed by atoms with Crippen LogP contribution in [0.2, 0.25) is 5.02 Å². The molecule has 0 aliphatic heterocycles. The van der Waals surface area contributed by atoms with Gasteiger partial charge in [-0.15, -0.1) is 11.3 Å². The standard InChI is InChI=1S/C18H21ClN4O2S/c1-12-21-18(17(26-12)16(24)8-9-22(2)3)25-13-6-7-15(14(19)10-13)20-11-23(4)5/h6-11H,1-5H3/b9-8+,20-11?. The summed E-state index contributed by atoms with van der Waals surface area (Å²) in [5, 5.41) is 1.20. The zero-order chi connectivity index (χ0) is 19.3. The van der Waals surface area contributed by atoms with E-state index in [-0.39, 0.29) is 11.7 Å². The van der Waals surface area contributed by atoms with Crippen LogP contribution >= 0.6 is 22.9 Å². The van der Waals surface area contributed by atoms with Crippen LogP contribution in [0.25, 0.3) is 0 Å². The molecule has 26 heavy (non-hydrogen) atoms.